The van der Waals surface area contributed by atoms with Crippen LogP contribution >= 0.6 is 0 Å². The molecule has 28 heavy (non-hydrogen) atoms. The Kier molecular flexibility index (Phi) is 4.24. The maximum atomic E-state index is 13.1. The first-order valence-corrected chi connectivity index (χ1v) is 8.33. The zero-order valence-corrected chi connectivity index (χ0v) is 14.9. The molecule has 0 spiro atoms. The lowest BCUT2D eigenvalue weighted by molar-refractivity contribution is -0.146. The number of nitrogens with zero attached hydrogens (tertiary/aromatic N) is 6. The Morgan fingerprint density at radius 3 is 2.75 bits per heavy atom. The second-order valence-electron chi connectivity index (χ2n) is 6.12. The van der Waals surface area contributed by atoms with Gasteiger partial charge in [0, 0.05) is 18.5 Å². The van der Waals surface area contributed by atoms with Crippen molar-refractivity contribution in [2.75, 3.05) is 11.9 Å². The number of aromatic amines is 1. The molecule has 0 aliphatic heterocycles. The van der Waals surface area contributed by atoms with Crippen LogP contribution in [0.3, 0.4) is 0 Å². The number of nitrogens with one attached hydrogen (secondary N) is 2. The van der Waals surface area contributed by atoms with E-state index in [-0.39, 0.29) is 5.65 Å². The molecule has 0 saturated carbocycles. The maximum Gasteiger partial charge on any atom is 0.453 e. The van der Waals surface area contributed by atoms with E-state index in [1.54, 1.807) is 26.0 Å². The zero-order chi connectivity index (χ0) is 19.9. The summed E-state index contributed by atoms with van der Waals surface area (Å²) in [4.78, 5) is 4.32. The highest BCUT2D eigenvalue weighted by molar-refractivity contribution is 5.58. The smallest absolute Gasteiger partial charge is 0.453 e. The number of rotatable bonds is 5. The fourth-order valence-electron chi connectivity index (χ4n) is 2.70. The summed E-state index contributed by atoms with van der Waals surface area (Å²) >= 11 is 0. The molecule has 4 aromatic heterocycles. The molecule has 0 aliphatic rings. The van der Waals surface area contributed by atoms with Gasteiger partial charge in [-0.3, -0.25) is 5.10 Å². The molecule has 9 nitrogen and oxygen atoms in total. The number of H-pyrrole nitrogens is 1. The van der Waals surface area contributed by atoms with Crippen LogP contribution in [-0.2, 0) is 12.6 Å². The number of furan rings is 1. The monoisotopic (exact) mass is 392 g/mol. The SMILES string of the molecule is Cc1c(NCCc2nc(-c3ccco3)n[nH]2)nn2c(C(F)(F)F)nnc2c1C. The molecule has 0 radical (unpaired) electrons. The van der Waals surface area contributed by atoms with Gasteiger partial charge < -0.3 is 9.73 Å². The van der Waals surface area contributed by atoms with E-state index in [1.165, 1.54) is 6.26 Å². The fourth-order valence-corrected chi connectivity index (χ4v) is 2.70. The van der Waals surface area contributed by atoms with Crippen molar-refractivity contribution in [1.82, 2.24) is 35.0 Å². The first kappa shape index (κ1) is 17.9. The third-order valence-corrected chi connectivity index (χ3v) is 4.27. The molecule has 4 heterocycles. The molecule has 0 aromatic carbocycles. The first-order valence-electron chi connectivity index (χ1n) is 8.33. The van der Waals surface area contributed by atoms with Gasteiger partial charge in [0.05, 0.1) is 6.26 Å². The van der Waals surface area contributed by atoms with Crippen molar-refractivity contribution in [2.45, 2.75) is 26.4 Å². The summed E-state index contributed by atoms with van der Waals surface area (Å²) in [5, 5.41) is 20.8. The van der Waals surface area contributed by atoms with Gasteiger partial charge in [-0.2, -0.15) is 22.8 Å². The third kappa shape index (κ3) is 3.17. The van der Waals surface area contributed by atoms with Gasteiger partial charge in [0.25, 0.3) is 5.82 Å². The number of halogens is 3. The Balaban J connectivity index is 1.52. The summed E-state index contributed by atoms with van der Waals surface area (Å²) in [5.41, 5.74) is 1.34. The van der Waals surface area contributed by atoms with E-state index < -0.39 is 12.0 Å². The second kappa shape index (κ2) is 6.62. The van der Waals surface area contributed by atoms with Gasteiger partial charge in [0.1, 0.15) is 11.6 Å². The van der Waals surface area contributed by atoms with Crippen LogP contribution in [0, 0.1) is 13.8 Å². The molecule has 0 saturated heterocycles. The normalized spacial score (nSPS) is 12.0. The van der Waals surface area contributed by atoms with Crippen molar-refractivity contribution in [2.24, 2.45) is 0 Å². The average molecular weight is 392 g/mol. The highest BCUT2D eigenvalue weighted by Crippen LogP contribution is 2.29. The van der Waals surface area contributed by atoms with Gasteiger partial charge >= 0.3 is 6.18 Å². The van der Waals surface area contributed by atoms with Crippen LogP contribution in [0.1, 0.15) is 22.8 Å². The van der Waals surface area contributed by atoms with Crippen LogP contribution in [0.15, 0.2) is 22.8 Å². The van der Waals surface area contributed by atoms with E-state index in [1.807, 2.05) is 0 Å². The van der Waals surface area contributed by atoms with Crippen molar-refractivity contribution >= 4 is 11.5 Å². The Hall–Kier alpha value is -3.44. The average Bonchev–Trinajstić information content (AvgIpc) is 3.37. The predicted octanol–water partition coefficient (Wildman–Crippen LogP) is 2.79. The molecule has 146 valence electrons. The molecular weight excluding hydrogens is 377 g/mol. The van der Waals surface area contributed by atoms with Crippen LogP contribution in [0.2, 0.25) is 0 Å². The number of hydrogen-bond acceptors (Lipinski definition) is 7. The summed E-state index contributed by atoms with van der Waals surface area (Å²) in [6.45, 7) is 3.82. The highest BCUT2D eigenvalue weighted by Gasteiger charge is 2.38. The minimum Gasteiger partial charge on any atom is -0.461 e. The van der Waals surface area contributed by atoms with Gasteiger partial charge in [0.2, 0.25) is 5.82 Å². The van der Waals surface area contributed by atoms with Crippen LogP contribution < -0.4 is 5.32 Å². The van der Waals surface area contributed by atoms with Crippen molar-refractivity contribution in [3.63, 3.8) is 0 Å². The summed E-state index contributed by atoms with van der Waals surface area (Å²) < 4.78 is 45.2. The molecule has 0 aliphatic carbocycles. The third-order valence-electron chi connectivity index (χ3n) is 4.27. The number of aryl methyl sites for hydroxylation is 1. The van der Waals surface area contributed by atoms with Gasteiger partial charge in [-0.15, -0.1) is 15.3 Å². The Labute approximate surface area is 156 Å². The molecule has 0 amide bonds. The topological polar surface area (TPSA) is 110 Å². The molecule has 0 bridgehead atoms. The maximum absolute atomic E-state index is 13.1. The van der Waals surface area contributed by atoms with E-state index in [2.05, 4.69) is 35.8 Å². The number of fused-ring (bicyclic) bond motifs is 1. The molecule has 0 unspecified atom stereocenters. The number of anilines is 1. The number of alkyl halides is 3. The molecule has 12 heteroatoms. The summed E-state index contributed by atoms with van der Waals surface area (Å²) in [7, 11) is 0. The molecular formula is C16H15F3N8O. The lowest BCUT2D eigenvalue weighted by atomic mass is 10.2. The summed E-state index contributed by atoms with van der Waals surface area (Å²) in [6.07, 6.45) is -2.66. The lowest BCUT2D eigenvalue weighted by Gasteiger charge is -2.12. The van der Waals surface area contributed by atoms with Gasteiger partial charge in [-0.25, -0.2) is 4.98 Å². The van der Waals surface area contributed by atoms with Crippen molar-refractivity contribution < 1.29 is 17.6 Å². The number of aromatic nitrogens is 7. The first-order chi connectivity index (χ1) is 13.3. The van der Waals surface area contributed by atoms with Crippen LogP contribution in [0.4, 0.5) is 19.0 Å². The minimum absolute atomic E-state index is 0.0775. The van der Waals surface area contributed by atoms with E-state index in [4.69, 9.17) is 4.42 Å². The molecule has 2 N–H and O–H groups in total. The Bertz CT molecular complexity index is 1110. The Morgan fingerprint density at radius 1 is 1.21 bits per heavy atom. The largest absolute Gasteiger partial charge is 0.461 e. The summed E-state index contributed by atoms with van der Waals surface area (Å²) in [5.74, 6) is 0.745. The summed E-state index contributed by atoms with van der Waals surface area (Å²) in [6, 6.07) is 3.48. The molecule has 0 fully saturated rings. The zero-order valence-electron chi connectivity index (χ0n) is 14.9. The van der Waals surface area contributed by atoms with Crippen LogP contribution in [0.25, 0.3) is 17.2 Å². The molecule has 0 atom stereocenters. The lowest BCUT2D eigenvalue weighted by Crippen LogP contribution is -2.16. The number of hydrogen-bond donors (Lipinski definition) is 2. The minimum atomic E-state index is -4.65. The van der Waals surface area contributed by atoms with Crippen molar-refractivity contribution in [3.8, 4) is 11.6 Å². The quantitative estimate of drug-likeness (QED) is 0.537. The fraction of sp³-hybridized carbons (Fsp3) is 0.312. The predicted molar refractivity (Wildman–Crippen MR) is 91.5 cm³/mol. The van der Waals surface area contributed by atoms with E-state index in [0.717, 1.165) is 0 Å². The Morgan fingerprint density at radius 2 is 2.04 bits per heavy atom. The van der Waals surface area contributed by atoms with E-state index in [9.17, 15) is 13.2 Å². The van der Waals surface area contributed by atoms with E-state index >= 15 is 0 Å². The van der Waals surface area contributed by atoms with E-state index in [0.29, 0.717) is 51.8 Å². The molecule has 4 aromatic rings. The van der Waals surface area contributed by atoms with Gasteiger partial charge in [-0.1, -0.05) is 0 Å². The van der Waals surface area contributed by atoms with Crippen LogP contribution in [0.5, 0.6) is 0 Å². The second-order valence-corrected chi connectivity index (χ2v) is 6.12. The van der Waals surface area contributed by atoms with Crippen LogP contribution in [-0.4, -0.2) is 41.5 Å². The van der Waals surface area contributed by atoms with Gasteiger partial charge in [0.15, 0.2) is 11.4 Å². The van der Waals surface area contributed by atoms with Gasteiger partial charge in [-0.05, 0) is 31.5 Å². The molecule has 4 rings (SSSR count). The standard InChI is InChI=1S/C16H15F3N8O/c1-8-9(2)14-24-25-15(16(17,18)19)27(14)26-12(8)20-6-5-11-21-13(23-22-11)10-4-3-7-28-10/h3-4,7H,5-6H2,1-2H3,(H,20,26)(H,21,22,23). The van der Waals surface area contributed by atoms with Crippen molar-refractivity contribution in [3.05, 3.63) is 41.2 Å². The highest BCUT2D eigenvalue weighted by atomic mass is 19.4. The van der Waals surface area contributed by atoms with Crippen molar-refractivity contribution in [1.29, 1.82) is 0 Å².